The molecule has 0 aliphatic rings. The SMILES string of the molecule is C[C@@H](c1ccccc1)N(CC(=O)N(CCCCN)CC(=O)N(CC(=O)C(C)(C)C)[C@@H](C)c1ccccc1)C(=O)CN(CCCCNC(=N)N)C(=O)CN(CCCCN)C(=O)CN(CCCCN)C(C)(C)C. The largest absolute Gasteiger partial charge is 0.370 e. The topological polar surface area (TPSA) is 262 Å². The Bertz CT molecular complexity index is 1940. The summed E-state index contributed by atoms with van der Waals surface area (Å²) in [6, 6.07) is 17.5. The second-order valence-corrected chi connectivity index (χ2v) is 20.5. The lowest BCUT2D eigenvalue weighted by molar-refractivity contribution is -0.149. The quantitative estimate of drug-likeness (QED) is 0.0339. The molecule has 0 unspecified atom stereocenters. The first-order chi connectivity index (χ1) is 33.5. The molecule has 0 aliphatic heterocycles. The molecular weight excluding hydrogens is 901 g/mol. The van der Waals surface area contributed by atoms with Crippen LogP contribution >= 0.6 is 0 Å². The van der Waals surface area contributed by atoms with Crippen LogP contribution in [0.25, 0.3) is 0 Å². The van der Waals surface area contributed by atoms with E-state index in [2.05, 4.69) is 10.2 Å². The molecule has 10 N–H and O–H groups in total. The van der Waals surface area contributed by atoms with Crippen LogP contribution in [0.2, 0.25) is 0 Å². The van der Waals surface area contributed by atoms with E-state index in [1.807, 2.05) is 95.3 Å². The van der Waals surface area contributed by atoms with E-state index in [9.17, 15) is 28.8 Å². The van der Waals surface area contributed by atoms with Gasteiger partial charge in [0.05, 0.1) is 44.8 Å². The number of nitrogens with zero attached hydrogens (tertiary/aromatic N) is 6. The van der Waals surface area contributed by atoms with Gasteiger partial charge in [0.1, 0.15) is 6.54 Å². The van der Waals surface area contributed by atoms with Crippen LogP contribution in [0.4, 0.5) is 0 Å². The zero-order valence-corrected chi connectivity index (χ0v) is 44.4. The second kappa shape index (κ2) is 31.8. The van der Waals surface area contributed by atoms with Gasteiger partial charge in [0.25, 0.3) is 0 Å². The van der Waals surface area contributed by atoms with Crippen LogP contribution in [0.1, 0.15) is 130 Å². The van der Waals surface area contributed by atoms with E-state index in [1.54, 1.807) is 25.7 Å². The Morgan fingerprint density at radius 1 is 0.507 bits per heavy atom. The third kappa shape index (κ3) is 22.7. The highest BCUT2D eigenvalue weighted by Crippen LogP contribution is 2.25. The molecule has 18 heteroatoms. The third-order valence-corrected chi connectivity index (χ3v) is 12.7. The maximum atomic E-state index is 14.9. The number of Topliss-reactive ketones (excluding diaryl/α,β-unsaturated/α-hetero) is 1. The molecule has 2 rings (SSSR count). The van der Waals surface area contributed by atoms with E-state index in [4.69, 9.17) is 28.3 Å². The third-order valence-electron chi connectivity index (χ3n) is 12.7. The first kappa shape index (κ1) is 61.7. The molecule has 0 heterocycles. The monoisotopic (exact) mass is 991 g/mol. The molecular formula is C53H90N12O6. The number of carbonyl (C=O) groups excluding carboxylic acids is 6. The fourth-order valence-corrected chi connectivity index (χ4v) is 7.90. The van der Waals surface area contributed by atoms with E-state index < -0.39 is 54.2 Å². The van der Waals surface area contributed by atoms with Crippen LogP contribution in [-0.2, 0) is 28.8 Å². The molecule has 0 spiro atoms. The molecule has 71 heavy (non-hydrogen) atoms. The van der Waals surface area contributed by atoms with Crippen molar-refractivity contribution in [3.05, 3.63) is 71.8 Å². The van der Waals surface area contributed by atoms with E-state index >= 15 is 0 Å². The zero-order valence-electron chi connectivity index (χ0n) is 44.4. The maximum Gasteiger partial charge on any atom is 0.243 e. The summed E-state index contributed by atoms with van der Waals surface area (Å²) < 4.78 is 0. The molecule has 0 aliphatic carbocycles. The van der Waals surface area contributed by atoms with Crippen LogP contribution in [0.15, 0.2) is 60.7 Å². The van der Waals surface area contributed by atoms with Gasteiger partial charge in [-0.2, -0.15) is 0 Å². The molecule has 0 bridgehead atoms. The molecule has 2 aromatic rings. The number of unbranched alkanes of at least 4 members (excludes halogenated alkanes) is 4. The molecule has 0 saturated heterocycles. The van der Waals surface area contributed by atoms with Crippen molar-refractivity contribution in [2.75, 3.05) is 91.6 Å². The number of hydrogen-bond acceptors (Lipinski definition) is 11. The summed E-state index contributed by atoms with van der Waals surface area (Å²) in [5.74, 6) is -2.38. The van der Waals surface area contributed by atoms with Gasteiger partial charge in [-0.15, -0.1) is 0 Å². The van der Waals surface area contributed by atoms with Gasteiger partial charge >= 0.3 is 0 Å². The molecule has 5 amide bonds. The highest BCUT2D eigenvalue weighted by atomic mass is 16.2. The number of ketones is 1. The van der Waals surface area contributed by atoms with Crippen molar-refractivity contribution in [3.63, 3.8) is 0 Å². The summed E-state index contributed by atoms with van der Waals surface area (Å²) in [4.78, 5) is 96.0. The van der Waals surface area contributed by atoms with Gasteiger partial charge < -0.3 is 52.8 Å². The molecule has 0 saturated carbocycles. The van der Waals surface area contributed by atoms with Crippen LogP contribution in [-0.4, -0.2) is 168 Å². The summed E-state index contributed by atoms with van der Waals surface area (Å²) in [6.07, 6.45) is 4.90. The van der Waals surface area contributed by atoms with Crippen molar-refractivity contribution in [2.24, 2.45) is 28.3 Å². The Morgan fingerprint density at radius 2 is 0.873 bits per heavy atom. The first-order valence-corrected chi connectivity index (χ1v) is 25.5. The fourth-order valence-electron chi connectivity index (χ4n) is 7.90. The average molecular weight is 991 g/mol. The minimum Gasteiger partial charge on any atom is -0.370 e. The number of nitrogens with one attached hydrogen (secondary N) is 2. The van der Waals surface area contributed by atoms with Crippen LogP contribution < -0.4 is 28.3 Å². The molecule has 2 aromatic carbocycles. The number of rotatable bonds is 33. The Morgan fingerprint density at radius 3 is 1.27 bits per heavy atom. The minimum atomic E-state index is -0.725. The highest BCUT2D eigenvalue weighted by molar-refractivity contribution is 5.93. The number of hydrogen-bond donors (Lipinski definition) is 6. The molecule has 2 atom stereocenters. The Balaban J connectivity index is 2.60. The predicted octanol–water partition coefficient (Wildman–Crippen LogP) is 3.85. The number of carbonyl (C=O) groups is 6. The average Bonchev–Trinajstić information content (AvgIpc) is 3.32. The van der Waals surface area contributed by atoms with Gasteiger partial charge in [-0.1, -0.05) is 81.4 Å². The smallest absolute Gasteiger partial charge is 0.243 e. The van der Waals surface area contributed by atoms with Crippen molar-refractivity contribution in [1.29, 1.82) is 5.41 Å². The normalized spacial score (nSPS) is 12.5. The van der Waals surface area contributed by atoms with Gasteiger partial charge in [0, 0.05) is 37.1 Å². The van der Waals surface area contributed by atoms with Crippen LogP contribution in [0, 0.1) is 10.8 Å². The lowest BCUT2D eigenvalue weighted by Gasteiger charge is -2.37. The number of nitrogens with two attached hydrogens (primary N) is 4. The summed E-state index contributed by atoms with van der Waals surface area (Å²) >= 11 is 0. The zero-order chi connectivity index (χ0) is 53.1. The molecule has 0 radical (unpaired) electrons. The molecule has 0 aromatic heterocycles. The Hall–Kier alpha value is -5.43. The van der Waals surface area contributed by atoms with E-state index in [0.29, 0.717) is 77.8 Å². The van der Waals surface area contributed by atoms with Gasteiger partial charge in [-0.3, -0.25) is 39.1 Å². The standard InChI is InChI=1S/C53H90N12O6/c1-41(43-23-11-9-12-24-43)64(35-45(66)52(3,4)5)49(70)37-62(32-20-16-28-55)48(69)40-65(42(2)44-25-13-10-14-26-44)50(71)38-61(33-22-18-30-59-51(57)58)46(67)36-60(31-19-15-27-54)47(68)39-63(53(6,7)8)34-21-17-29-56/h9-14,23-26,41-42H,15-22,27-40,54-56H2,1-8H3,(H4,57,58,59)/t41-,42-/m0/s1. The number of guanidine groups is 1. The summed E-state index contributed by atoms with van der Waals surface area (Å²) in [5, 5.41) is 10.4. The summed E-state index contributed by atoms with van der Waals surface area (Å²) in [7, 11) is 0. The van der Waals surface area contributed by atoms with Gasteiger partial charge in [0.15, 0.2) is 11.7 Å². The lowest BCUT2D eigenvalue weighted by Crippen LogP contribution is -2.53. The second-order valence-electron chi connectivity index (χ2n) is 20.5. The minimum absolute atomic E-state index is 0.0875. The van der Waals surface area contributed by atoms with E-state index in [1.165, 1.54) is 19.6 Å². The van der Waals surface area contributed by atoms with Gasteiger partial charge in [-0.25, -0.2) is 0 Å². The summed E-state index contributed by atoms with van der Waals surface area (Å²) in [6.45, 7) is 16.7. The van der Waals surface area contributed by atoms with Crippen LogP contribution in [0.3, 0.4) is 0 Å². The number of amides is 5. The van der Waals surface area contributed by atoms with Crippen molar-refractivity contribution in [3.8, 4) is 0 Å². The van der Waals surface area contributed by atoms with E-state index in [-0.39, 0.29) is 62.5 Å². The predicted molar refractivity (Wildman–Crippen MR) is 283 cm³/mol. The first-order valence-electron chi connectivity index (χ1n) is 25.5. The Labute approximate surface area is 425 Å². The maximum absolute atomic E-state index is 14.9. The van der Waals surface area contributed by atoms with Crippen molar-refractivity contribution < 1.29 is 28.8 Å². The fraction of sp³-hybridized carbons (Fsp3) is 0.642. The highest BCUT2D eigenvalue weighted by Gasteiger charge is 2.34. The van der Waals surface area contributed by atoms with Gasteiger partial charge in [0.2, 0.25) is 29.5 Å². The molecule has 18 nitrogen and oxygen atoms in total. The molecule has 0 fully saturated rings. The molecule has 398 valence electrons. The van der Waals surface area contributed by atoms with Crippen LogP contribution in [0.5, 0.6) is 0 Å². The number of benzene rings is 2. The van der Waals surface area contributed by atoms with Crippen molar-refractivity contribution >= 4 is 41.3 Å². The van der Waals surface area contributed by atoms with E-state index in [0.717, 1.165) is 24.0 Å². The summed E-state index contributed by atoms with van der Waals surface area (Å²) in [5.41, 5.74) is 23.6. The van der Waals surface area contributed by atoms with Crippen molar-refractivity contribution in [1.82, 2.24) is 34.7 Å². The van der Waals surface area contributed by atoms with Gasteiger partial charge in [-0.05, 0) is 123 Å². The lowest BCUT2D eigenvalue weighted by atomic mass is 9.90. The van der Waals surface area contributed by atoms with Crippen molar-refractivity contribution in [2.45, 2.75) is 124 Å². The Kier molecular flexibility index (Phi) is 27.6.